The fraction of sp³-hybridized carbons (Fsp3) is 0.312. The Morgan fingerprint density at radius 3 is 2.26 bits per heavy atom. The van der Waals surface area contributed by atoms with Crippen LogP contribution in [0.3, 0.4) is 0 Å². The van der Waals surface area contributed by atoms with E-state index in [0.29, 0.717) is 0 Å². The van der Waals surface area contributed by atoms with Gasteiger partial charge < -0.3 is 9.67 Å². The van der Waals surface area contributed by atoms with Gasteiger partial charge in [-0.25, -0.2) is 4.79 Å². The van der Waals surface area contributed by atoms with Crippen LogP contribution < -0.4 is 0 Å². The molecule has 0 radical (unpaired) electrons. The quantitative estimate of drug-likeness (QED) is 0.906. The molecule has 1 atom stereocenters. The minimum atomic E-state index is -0.786. The van der Waals surface area contributed by atoms with E-state index in [9.17, 15) is 9.90 Å². The van der Waals surface area contributed by atoms with E-state index in [1.54, 1.807) is 0 Å². The van der Waals surface area contributed by atoms with E-state index in [4.69, 9.17) is 0 Å². The van der Waals surface area contributed by atoms with Crippen LogP contribution in [0.25, 0.3) is 11.3 Å². The Kier molecular flexibility index (Phi) is 3.74. The molecule has 0 spiro atoms. The van der Waals surface area contributed by atoms with Gasteiger partial charge in [0.25, 0.3) is 0 Å². The Morgan fingerprint density at radius 2 is 1.74 bits per heavy atom. The van der Waals surface area contributed by atoms with Gasteiger partial charge in [-0.05, 0) is 30.5 Å². The second-order valence-corrected chi connectivity index (χ2v) is 5.12. The number of aryl methyl sites for hydroxylation is 1. The van der Waals surface area contributed by atoms with Crippen molar-refractivity contribution in [2.75, 3.05) is 0 Å². The van der Waals surface area contributed by atoms with Gasteiger partial charge in [-0.2, -0.15) is 0 Å². The van der Waals surface area contributed by atoms with Gasteiger partial charge in [0.1, 0.15) is 6.04 Å². The smallest absolute Gasteiger partial charge is 0.326 e. The molecular formula is C16H19NO2. The summed E-state index contributed by atoms with van der Waals surface area (Å²) >= 11 is 0. The normalized spacial score (nSPS) is 12.6. The highest BCUT2D eigenvalue weighted by atomic mass is 16.4. The van der Waals surface area contributed by atoms with Crippen LogP contribution in [-0.4, -0.2) is 15.6 Å². The van der Waals surface area contributed by atoms with Crippen molar-refractivity contribution in [2.24, 2.45) is 5.92 Å². The van der Waals surface area contributed by atoms with Crippen LogP contribution in [-0.2, 0) is 4.79 Å². The lowest BCUT2D eigenvalue weighted by molar-refractivity contribution is -0.142. The molecule has 0 saturated heterocycles. The Morgan fingerprint density at radius 1 is 1.11 bits per heavy atom. The highest BCUT2D eigenvalue weighted by molar-refractivity contribution is 5.74. The van der Waals surface area contributed by atoms with E-state index in [0.717, 1.165) is 17.0 Å². The molecular weight excluding hydrogens is 238 g/mol. The third-order valence-corrected chi connectivity index (χ3v) is 3.35. The highest BCUT2D eigenvalue weighted by Gasteiger charge is 2.26. The molecule has 0 aliphatic carbocycles. The molecule has 0 aliphatic heterocycles. The van der Waals surface area contributed by atoms with Crippen molar-refractivity contribution >= 4 is 5.97 Å². The lowest BCUT2D eigenvalue weighted by atomic mass is 10.0. The maximum absolute atomic E-state index is 11.6. The predicted molar refractivity (Wildman–Crippen MR) is 76.1 cm³/mol. The van der Waals surface area contributed by atoms with Crippen molar-refractivity contribution < 1.29 is 9.90 Å². The number of hydrogen-bond donors (Lipinski definition) is 1. The molecule has 3 heteroatoms. The third-order valence-electron chi connectivity index (χ3n) is 3.35. The van der Waals surface area contributed by atoms with Crippen molar-refractivity contribution in [2.45, 2.75) is 26.8 Å². The average molecular weight is 257 g/mol. The van der Waals surface area contributed by atoms with Gasteiger partial charge in [-0.15, -0.1) is 0 Å². The van der Waals surface area contributed by atoms with E-state index < -0.39 is 12.0 Å². The van der Waals surface area contributed by atoms with Gasteiger partial charge in [-0.3, -0.25) is 0 Å². The van der Waals surface area contributed by atoms with E-state index in [1.165, 1.54) is 0 Å². The van der Waals surface area contributed by atoms with Crippen LogP contribution >= 0.6 is 0 Å². The standard InChI is InChI=1S/C16H19NO2/c1-11(2)15(16(18)19)17-12(3)9-10-14(17)13-7-5-4-6-8-13/h4-11,15H,1-3H3,(H,18,19). The third kappa shape index (κ3) is 2.55. The summed E-state index contributed by atoms with van der Waals surface area (Å²) in [5.74, 6) is -0.752. The minimum Gasteiger partial charge on any atom is -0.480 e. The van der Waals surface area contributed by atoms with Crippen LogP contribution in [0.1, 0.15) is 25.6 Å². The number of rotatable bonds is 4. The van der Waals surface area contributed by atoms with Gasteiger partial charge in [-0.1, -0.05) is 44.2 Å². The second kappa shape index (κ2) is 5.31. The van der Waals surface area contributed by atoms with Gasteiger partial charge in [0, 0.05) is 11.4 Å². The topological polar surface area (TPSA) is 42.2 Å². The second-order valence-electron chi connectivity index (χ2n) is 5.12. The first-order valence-corrected chi connectivity index (χ1v) is 6.48. The first kappa shape index (κ1) is 13.4. The molecule has 1 N–H and O–H groups in total. The number of carboxylic acid groups (broad SMARTS) is 1. The highest BCUT2D eigenvalue weighted by Crippen LogP contribution is 2.29. The fourth-order valence-electron chi connectivity index (χ4n) is 2.46. The van der Waals surface area contributed by atoms with E-state index >= 15 is 0 Å². The molecule has 1 unspecified atom stereocenters. The molecule has 0 bridgehead atoms. The summed E-state index contributed by atoms with van der Waals surface area (Å²) in [4.78, 5) is 11.6. The van der Waals surface area contributed by atoms with E-state index in [-0.39, 0.29) is 5.92 Å². The predicted octanol–water partition coefficient (Wildman–Crippen LogP) is 3.75. The lowest BCUT2D eigenvalue weighted by Gasteiger charge is -2.23. The largest absolute Gasteiger partial charge is 0.480 e. The molecule has 1 aromatic carbocycles. The SMILES string of the molecule is Cc1ccc(-c2ccccc2)n1C(C(=O)O)C(C)C. The zero-order valence-electron chi connectivity index (χ0n) is 11.5. The molecule has 1 heterocycles. The summed E-state index contributed by atoms with van der Waals surface area (Å²) in [5, 5.41) is 9.49. The zero-order chi connectivity index (χ0) is 14.0. The van der Waals surface area contributed by atoms with Crippen LogP contribution in [0, 0.1) is 12.8 Å². The molecule has 2 aromatic rings. The Bertz CT molecular complexity index is 570. The number of benzene rings is 1. The number of hydrogen-bond acceptors (Lipinski definition) is 1. The van der Waals surface area contributed by atoms with Crippen molar-refractivity contribution in [3.05, 3.63) is 48.2 Å². The lowest BCUT2D eigenvalue weighted by Crippen LogP contribution is -2.25. The molecule has 2 rings (SSSR count). The summed E-state index contributed by atoms with van der Waals surface area (Å²) in [5.41, 5.74) is 2.97. The number of aromatic nitrogens is 1. The molecule has 1 aromatic heterocycles. The van der Waals surface area contributed by atoms with Crippen LogP contribution in [0.15, 0.2) is 42.5 Å². The number of carbonyl (C=O) groups is 1. The molecule has 19 heavy (non-hydrogen) atoms. The van der Waals surface area contributed by atoms with Crippen molar-refractivity contribution in [1.82, 2.24) is 4.57 Å². The summed E-state index contributed by atoms with van der Waals surface area (Å²) in [7, 11) is 0. The van der Waals surface area contributed by atoms with Crippen LogP contribution in [0.2, 0.25) is 0 Å². The number of carboxylic acids is 1. The summed E-state index contributed by atoms with van der Waals surface area (Å²) in [6.07, 6.45) is 0. The zero-order valence-corrected chi connectivity index (χ0v) is 11.5. The Balaban J connectivity index is 2.57. The Labute approximate surface area is 113 Å². The van der Waals surface area contributed by atoms with Gasteiger partial charge >= 0.3 is 5.97 Å². The molecule has 0 saturated carbocycles. The maximum Gasteiger partial charge on any atom is 0.326 e. The summed E-state index contributed by atoms with van der Waals surface area (Å²) in [6, 6.07) is 13.3. The fourth-order valence-corrected chi connectivity index (χ4v) is 2.46. The van der Waals surface area contributed by atoms with Gasteiger partial charge in [0.2, 0.25) is 0 Å². The van der Waals surface area contributed by atoms with Crippen molar-refractivity contribution in [1.29, 1.82) is 0 Å². The van der Waals surface area contributed by atoms with Gasteiger partial charge in [0.05, 0.1) is 0 Å². The summed E-state index contributed by atoms with van der Waals surface area (Å²) in [6.45, 7) is 5.82. The first-order chi connectivity index (χ1) is 9.02. The number of aliphatic carboxylic acids is 1. The monoisotopic (exact) mass is 257 g/mol. The van der Waals surface area contributed by atoms with Gasteiger partial charge in [0.15, 0.2) is 0 Å². The van der Waals surface area contributed by atoms with Crippen molar-refractivity contribution in [3.63, 3.8) is 0 Å². The molecule has 0 fully saturated rings. The molecule has 3 nitrogen and oxygen atoms in total. The molecule has 100 valence electrons. The number of nitrogens with zero attached hydrogens (tertiary/aromatic N) is 1. The van der Waals surface area contributed by atoms with E-state index in [2.05, 4.69) is 0 Å². The van der Waals surface area contributed by atoms with Crippen LogP contribution in [0.4, 0.5) is 0 Å². The molecule has 0 amide bonds. The maximum atomic E-state index is 11.6. The first-order valence-electron chi connectivity index (χ1n) is 6.48. The summed E-state index contributed by atoms with van der Waals surface area (Å²) < 4.78 is 1.92. The van der Waals surface area contributed by atoms with Crippen molar-refractivity contribution in [3.8, 4) is 11.3 Å². The average Bonchev–Trinajstić information content (AvgIpc) is 2.72. The van der Waals surface area contributed by atoms with E-state index in [1.807, 2.05) is 67.8 Å². The molecule has 0 aliphatic rings. The minimum absolute atomic E-state index is 0.0334. The Hall–Kier alpha value is -2.03. The van der Waals surface area contributed by atoms with Crippen LogP contribution in [0.5, 0.6) is 0 Å².